The number of carbonyl (C=O) groups is 2. The molecule has 0 aromatic heterocycles. The van der Waals surface area contributed by atoms with Crippen molar-refractivity contribution in [3.8, 4) is 0 Å². The van der Waals surface area contributed by atoms with Crippen LogP contribution in [-0.2, 0) is 19.1 Å². The maximum absolute atomic E-state index is 10.7. The van der Waals surface area contributed by atoms with Gasteiger partial charge in [0, 0.05) is 26.7 Å². The van der Waals surface area contributed by atoms with Gasteiger partial charge in [0.15, 0.2) is 0 Å². The maximum atomic E-state index is 10.7. The Morgan fingerprint density at radius 3 is 1.46 bits per heavy atom. The molecule has 0 N–H and O–H groups in total. The van der Waals surface area contributed by atoms with Gasteiger partial charge < -0.3 is 9.47 Å². The van der Waals surface area contributed by atoms with E-state index in [4.69, 9.17) is 9.47 Å². The van der Waals surface area contributed by atoms with Crippen molar-refractivity contribution in [1.82, 2.24) is 0 Å². The molecule has 0 spiro atoms. The predicted molar refractivity (Wildman–Crippen MR) is 46.8 cm³/mol. The molecular weight excluding hydrogens is 172 g/mol. The molecule has 0 saturated heterocycles. The highest BCUT2D eigenvalue weighted by molar-refractivity contribution is 5.68. The van der Waals surface area contributed by atoms with Gasteiger partial charge in [-0.15, -0.1) is 0 Å². The van der Waals surface area contributed by atoms with E-state index in [9.17, 15) is 9.59 Å². The van der Waals surface area contributed by atoms with Crippen molar-refractivity contribution in [2.75, 3.05) is 0 Å². The van der Waals surface area contributed by atoms with Gasteiger partial charge in [-0.3, -0.25) is 9.59 Å². The van der Waals surface area contributed by atoms with Crippen molar-refractivity contribution in [3.63, 3.8) is 0 Å². The van der Waals surface area contributed by atoms with Crippen molar-refractivity contribution < 1.29 is 19.1 Å². The zero-order valence-corrected chi connectivity index (χ0v) is 8.55. The predicted octanol–water partition coefficient (Wildman–Crippen LogP) is 1.63. The monoisotopic (exact) mass is 188 g/mol. The van der Waals surface area contributed by atoms with Crippen LogP contribution in [0.4, 0.5) is 0 Å². The zero-order valence-electron chi connectivity index (χ0n) is 8.55. The van der Waals surface area contributed by atoms with Gasteiger partial charge in [0.25, 0.3) is 5.79 Å². The molecule has 0 atom stereocenters. The summed E-state index contributed by atoms with van der Waals surface area (Å²) in [5.74, 6) is -1.95. The molecule has 76 valence electrons. The van der Waals surface area contributed by atoms with Gasteiger partial charge >= 0.3 is 11.9 Å². The molecule has 0 aliphatic rings. The van der Waals surface area contributed by atoms with Gasteiger partial charge in [0.1, 0.15) is 0 Å². The van der Waals surface area contributed by atoms with Crippen LogP contribution in [0.15, 0.2) is 0 Å². The molecule has 0 aliphatic heterocycles. The molecule has 0 unspecified atom stereocenters. The first-order chi connectivity index (χ1) is 5.95. The highest BCUT2D eigenvalue weighted by Gasteiger charge is 2.32. The van der Waals surface area contributed by atoms with Crippen molar-refractivity contribution >= 4 is 11.9 Å². The summed E-state index contributed by atoms with van der Waals surface area (Å²) in [5.41, 5.74) is 0. The lowest BCUT2D eigenvalue weighted by Gasteiger charge is -2.29. The SMILES string of the molecule is CCC(CC)(OC(C)=O)OC(C)=O. The van der Waals surface area contributed by atoms with Gasteiger partial charge in [-0.2, -0.15) is 0 Å². The van der Waals surface area contributed by atoms with Crippen LogP contribution in [0.3, 0.4) is 0 Å². The van der Waals surface area contributed by atoms with Gasteiger partial charge in [-0.05, 0) is 0 Å². The van der Waals surface area contributed by atoms with Crippen LogP contribution in [0, 0.1) is 0 Å². The summed E-state index contributed by atoms with van der Waals surface area (Å²) >= 11 is 0. The van der Waals surface area contributed by atoms with Crippen LogP contribution < -0.4 is 0 Å². The first-order valence-electron chi connectivity index (χ1n) is 4.35. The average molecular weight is 188 g/mol. The zero-order chi connectivity index (χ0) is 10.5. The Morgan fingerprint density at radius 2 is 1.31 bits per heavy atom. The Kier molecular flexibility index (Phi) is 4.45. The Hall–Kier alpha value is -1.06. The second-order valence-corrected chi connectivity index (χ2v) is 2.81. The first kappa shape index (κ1) is 11.9. The molecule has 0 aliphatic carbocycles. The summed E-state index contributed by atoms with van der Waals surface area (Å²) in [7, 11) is 0. The minimum atomic E-state index is -1.07. The fourth-order valence-electron chi connectivity index (χ4n) is 1.08. The van der Waals surface area contributed by atoms with Crippen LogP contribution in [0.2, 0.25) is 0 Å². The molecule has 13 heavy (non-hydrogen) atoms. The van der Waals surface area contributed by atoms with Crippen molar-refractivity contribution in [3.05, 3.63) is 0 Å². The molecule has 0 aromatic rings. The van der Waals surface area contributed by atoms with E-state index in [1.165, 1.54) is 13.8 Å². The minimum absolute atomic E-state index is 0.440. The number of esters is 2. The Labute approximate surface area is 78.2 Å². The fourth-order valence-corrected chi connectivity index (χ4v) is 1.08. The largest absolute Gasteiger partial charge is 0.423 e. The molecule has 4 heteroatoms. The van der Waals surface area contributed by atoms with E-state index in [0.717, 1.165) is 0 Å². The minimum Gasteiger partial charge on any atom is -0.423 e. The smallest absolute Gasteiger partial charge is 0.305 e. The summed E-state index contributed by atoms with van der Waals surface area (Å²) in [6.45, 7) is 6.19. The highest BCUT2D eigenvalue weighted by Crippen LogP contribution is 2.22. The summed E-state index contributed by atoms with van der Waals surface area (Å²) in [4.78, 5) is 21.5. The van der Waals surface area contributed by atoms with Crippen LogP contribution in [-0.4, -0.2) is 17.7 Å². The molecule has 0 aromatic carbocycles. The number of rotatable bonds is 4. The van der Waals surface area contributed by atoms with E-state index in [-0.39, 0.29) is 0 Å². The van der Waals surface area contributed by atoms with Crippen LogP contribution >= 0.6 is 0 Å². The van der Waals surface area contributed by atoms with Crippen molar-refractivity contribution in [2.45, 2.75) is 46.3 Å². The lowest BCUT2D eigenvalue weighted by molar-refractivity contribution is -0.228. The number of hydrogen-bond acceptors (Lipinski definition) is 4. The quantitative estimate of drug-likeness (QED) is 0.497. The van der Waals surface area contributed by atoms with Crippen molar-refractivity contribution in [2.24, 2.45) is 0 Å². The van der Waals surface area contributed by atoms with E-state index in [1.54, 1.807) is 13.8 Å². The lowest BCUT2D eigenvalue weighted by atomic mass is 10.1. The summed E-state index contributed by atoms with van der Waals surface area (Å²) in [5, 5.41) is 0. The maximum Gasteiger partial charge on any atom is 0.305 e. The average Bonchev–Trinajstić information content (AvgIpc) is 2.01. The van der Waals surface area contributed by atoms with E-state index < -0.39 is 17.7 Å². The van der Waals surface area contributed by atoms with E-state index >= 15 is 0 Å². The first-order valence-corrected chi connectivity index (χ1v) is 4.35. The van der Waals surface area contributed by atoms with Gasteiger partial charge in [0.05, 0.1) is 0 Å². The third kappa shape index (κ3) is 3.92. The normalized spacial score (nSPS) is 10.8. The fraction of sp³-hybridized carbons (Fsp3) is 0.778. The van der Waals surface area contributed by atoms with Crippen LogP contribution in [0.25, 0.3) is 0 Å². The molecule has 0 heterocycles. The molecule has 0 rings (SSSR count). The highest BCUT2D eigenvalue weighted by atomic mass is 16.7. The number of ether oxygens (including phenoxy) is 2. The van der Waals surface area contributed by atoms with E-state index in [1.807, 2.05) is 0 Å². The second-order valence-electron chi connectivity index (χ2n) is 2.81. The van der Waals surface area contributed by atoms with Crippen molar-refractivity contribution in [1.29, 1.82) is 0 Å². The van der Waals surface area contributed by atoms with Crippen LogP contribution in [0.5, 0.6) is 0 Å². The number of hydrogen-bond donors (Lipinski definition) is 0. The van der Waals surface area contributed by atoms with Gasteiger partial charge in [0.2, 0.25) is 0 Å². The molecular formula is C9H16O4. The third-order valence-electron chi connectivity index (χ3n) is 1.74. The van der Waals surface area contributed by atoms with E-state index in [0.29, 0.717) is 12.8 Å². The summed E-state index contributed by atoms with van der Waals surface area (Å²) in [6.07, 6.45) is 0.922. The molecule has 0 fully saturated rings. The third-order valence-corrected chi connectivity index (χ3v) is 1.74. The molecule has 0 saturated carbocycles. The topological polar surface area (TPSA) is 52.6 Å². The van der Waals surface area contributed by atoms with Gasteiger partial charge in [-0.25, -0.2) is 0 Å². The molecule has 0 radical (unpaired) electrons. The molecule has 0 bridgehead atoms. The Morgan fingerprint density at radius 1 is 1.00 bits per heavy atom. The standard InChI is InChI=1S/C9H16O4/c1-5-9(6-2,12-7(3)10)13-8(4)11/h5-6H2,1-4H3. The summed E-state index contributed by atoms with van der Waals surface area (Å²) < 4.78 is 9.93. The second kappa shape index (κ2) is 4.84. The van der Waals surface area contributed by atoms with Gasteiger partial charge in [-0.1, -0.05) is 13.8 Å². The molecule has 4 nitrogen and oxygen atoms in total. The molecule has 0 amide bonds. The Bertz CT molecular complexity index is 176. The Balaban J connectivity index is 4.48. The lowest BCUT2D eigenvalue weighted by Crippen LogP contribution is -2.37. The van der Waals surface area contributed by atoms with E-state index in [2.05, 4.69) is 0 Å². The van der Waals surface area contributed by atoms with Crippen LogP contribution in [0.1, 0.15) is 40.5 Å². The summed E-state index contributed by atoms with van der Waals surface area (Å²) in [6, 6.07) is 0. The number of carbonyl (C=O) groups excluding carboxylic acids is 2.